The van der Waals surface area contributed by atoms with Crippen LogP contribution in [0, 0.1) is 0 Å². The molecule has 2 amide bonds. The van der Waals surface area contributed by atoms with Crippen LogP contribution in [0.3, 0.4) is 0 Å². The number of amides is 2. The highest BCUT2D eigenvalue weighted by atomic mass is 16.2. The summed E-state index contributed by atoms with van der Waals surface area (Å²) >= 11 is 0. The fourth-order valence-corrected chi connectivity index (χ4v) is 4.54. The van der Waals surface area contributed by atoms with E-state index in [1.807, 2.05) is 12.1 Å². The molecule has 2 saturated heterocycles. The molecule has 8 nitrogen and oxygen atoms in total. The average Bonchev–Trinajstić information content (AvgIpc) is 2.98. The molecule has 1 unspecified atom stereocenters. The van der Waals surface area contributed by atoms with E-state index >= 15 is 0 Å². The van der Waals surface area contributed by atoms with Crippen LogP contribution >= 0.6 is 0 Å². The number of piperidine rings is 1. The van der Waals surface area contributed by atoms with E-state index in [-0.39, 0.29) is 18.0 Å². The number of carbonyl (C=O) groups is 2. The van der Waals surface area contributed by atoms with Crippen molar-refractivity contribution in [1.82, 2.24) is 24.7 Å². The molecule has 1 atom stereocenters. The van der Waals surface area contributed by atoms with Crippen LogP contribution in [0.2, 0.25) is 0 Å². The summed E-state index contributed by atoms with van der Waals surface area (Å²) in [5.41, 5.74) is 2.59. The third kappa shape index (κ3) is 4.00. The summed E-state index contributed by atoms with van der Waals surface area (Å²) in [4.78, 5) is 39.3. The number of benzene rings is 1. The van der Waals surface area contributed by atoms with Gasteiger partial charge in [0.2, 0.25) is 11.8 Å². The molecule has 0 radical (unpaired) electrons. The Balaban J connectivity index is 1.53. The normalized spacial score (nSPS) is 20.9. The molecule has 2 aliphatic heterocycles. The Labute approximate surface area is 169 Å². The maximum absolute atomic E-state index is 13.0. The molecular formula is C21H29N5O3. The summed E-state index contributed by atoms with van der Waals surface area (Å²) in [5, 5.41) is 5.73. The third-order valence-electron chi connectivity index (χ3n) is 6.09. The van der Waals surface area contributed by atoms with Gasteiger partial charge in [0.05, 0.1) is 11.0 Å². The van der Waals surface area contributed by atoms with Crippen molar-refractivity contribution >= 4 is 22.8 Å². The molecule has 0 aliphatic carbocycles. The molecule has 29 heavy (non-hydrogen) atoms. The summed E-state index contributed by atoms with van der Waals surface area (Å²) in [7, 11) is 1.76. The molecular weight excluding hydrogens is 370 g/mol. The van der Waals surface area contributed by atoms with Gasteiger partial charge in [-0.15, -0.1) is 0 Å². The molecule has 1 aromatic carbocycles. The van der Waals surface area contributed by atoms with Crippen LogP contribution in [0.5, 0.6) is 0 Å². The molecule has 2 aliphatic rings. The fourth-order valence-electron chi connectivity index (χ4n) is 4.54. The molecule has 156 valence electrons. The summed E-state index contributed by atoms with van der Waals surface area (Å²) < 4.78 is 3.20. The summed E-state index contributed by atoms with van der Waals surface area (Å²) in [5.74, 6) is -0.665. The van der Waals surface area contributed by atoms with E-state index in [9.17, 15) is 14.4 Å². The van der Waals surface area contributed by atoms with Gasteiger partial charge in [-0.25, -0.2) is 4.79 Å². The first-order chi connectivity index (χ1) is 14.1. The van der Waals surface area contributed by atoms with Gasteiger partial charge in [0.1, 0.15) is 6.04 Å². The number of rotatable bonds is 6. The van der Waals surface area contributed by atoms with E-state index in [2.05, 4.69) is 21.6 Å². The Bertz CT molecular complexity index is 971. The van der Waals surface area contributed by atoms with Crippen LogP contribution in [-0.4, -0.2) is 58.6 Å². The number of nitrogens with zero attached hydrogens (tertiary/aromatic N) is 3. The minimum atomic E-state index is -0.633. The summed E-state index contributed by atoms with van der Waals surface area (Å²) in [6, 6.07) is 5.29. The van der Waals surface area contributed by atoms with Crippen LogP contribution < -0.4 is 16.3 Å². The van der Waals surface area contributed by atoms with Gasteiger partial charge in [0, 0.05) is 39.6 Å². The van der Waals surface area contributed by atoms with Crippen molar-refractivity contribution in [2.75, 3.05) is 32.7 Å². The number of hydrogen-bond acceptors (Lipinski definition) is 5. The lowest BCUT2D eigenvalue weighted by Crippen LogP contribution is -2.44. The van der Waals surface area contributed by atoms with Crippen LogP contribution in [0.1, 0.15) is 37.3 Å². The maximum Gasteiger partial charge on any atom is 0.329 e. The number of unbranched alkanes of at least 4 members (excludes halogenated alkanes) is 1. The van der Waals surface area contributed by atoms with E-state index in [1.54, 1.807) is 16.2 Å². The van der Waals surface area contributed by atoms with Gasteiger partial charge in [-0.3, -0.25) is 24.0 Å². The van der Waals surface area contributed by atoms with Crippen molar-refractivity contribution in [2.24, 2.45) is 7.05 Å². The number of para-hydroxylation sites is 1. The van der Waals surface area contributed by atoms with Crippen molar-refractivity contribution in [1.29, 1.82) is 0 Å². The van der Waals surface area contributed by atoms with Crippen LogP contribution in [0.25, 0.3) is 11.0 Å². The van der Waals surface area contributed by atoms with E-state index in [0.29, 0.717) is 6.42 Å². The Morgan fingerprint density at radius 1 is 1.10 bits per heavy atom. The lowest BCUT2D eigenvalue weighted by molar-refractivity contribution is -0.135. The van der Waals surface area contributed by atoms with Crippen molar-refractivity contribution in [3.05, 3.63) is 34.2 Å². The van der Waals surface area contributed by atoms with Gasteiger partial charge in [-0.05, 0) is 43.9 Å². The Hall–Kier alpha value is -2.45. The van der Waals surface area contributed by atoms with Crippen LogP contribution in [0.15, 0.2) is 23.0 Å². The second-order valence-corrected chi connectivity index (χ2v) is 8.01. The molecule has 2 aromatic rings. The maximum atomic E-state index is 13.0. The highest BCUT2D eigenvalue weighted by molar-refractivity contribution is 6.00. The largest absolute Gasteiger partial charge is 0.329 e. The minimum absolute atomic E-state index is 0.206. The second kappa shape index (κ2) is 8.51. The quantitative estimate of drug-likeness (QED) is 0.547. The van der Waals surface area contributed by atoms with Gasteiger partial charge >= 0.3 is 5.69 Å². The zero-order valence-electron chi connectivity index (χ0n) is 16.9. The predicted octanol–water partition coefficient (Wildman–Crippen LogP) is 0.546. The van der Waals surface area contributed by atoms with Crippen molar-refractivity contribution in [2.45, 2.75) is 38.1 Å². The number of aromatic nitrogens is 2. The van der Waals surface area contributed by atoms with E-state index < -0.39 is 11.9 Å². The first kappa shape index (κ1) is 19.8. The average molecular weight is 399 g/mol. The Morgan fingerprint density at radius 2 is 1.90 bits per heavy atom. The van der Waals surface area contributed by atoms with E-state index in [4.69, 9.17) is 0 Å². The van der Waals surface area contributed by atoms with E-state index in [0.717, 1.165) is 68.6 Å². The van der Waals surface area contributed by atoms with Gasteiger partial charge < -0.3 is 10.2 Å². The predicted molar refractivity (Wildman–Crippen MR) is 111 cm³/mol. The highest BCUT2D eigenvalue weighted by Gasteiger charge is 2.31. The number of nitrogens with one attached hydrogen (secondary N) is 2. The molecule has 4 rings (SSSR count). The zero-order valence-corrected chi connectivity index (χ0v) is 16.9. The lowest BCUT2D eigenvalue weighted by atomic mass is 10.0. The molecule has 0 bridgehead atoms. The fraction of sp³-hybridized carbons (Fsp3) is 0.571. The molecule has 0 spiro atoms. The monoisotopic (exact) mass is 399 g/mol. The van der Waals surface area contributed by atoms with Gasteiger partial charge in [-0.1, -0.05) is 12.1 Å². The summed E-state index contributed by atoms with van der Waals surface area (Å²) in [6.07, 6.45) is 3.69. The molecule has 1 aromatic heterocycles. The van der Waals surface area contributed by atoms with Crippen molar-refractivity contribution < 1.29 is 9.59 Å². The Morgan fingerprint density at radius 3 is 2.66 bits per heavy atom. The lowest BCUT2D eigenvalue weighted by Gasteiger charge is -2.27. The number of imidazole rings is 1. The molecule has 3 heterocycles. The highest BCUT2D eigenvalue weighted by Crippen LogP contribution is 2.25. The number of hydrogen-bond donors (Lipinski definition) is 2. The third-order valence-corrected chi connectivity index (χ3v) is 6.09. The topological polar surface area (TPSA) is 88.4 Å². The zero-order chi connectivity index (χ0) is 20.4. The minimum Gasteiger partial charge on any atom is -0.314 e. The number of aryl methyl sites for hydroxylation is 2. The molecule has 2 N–H and O–H groups in total. The SMILES string of the molecule is Cn1c(=O)n(C2CCC(=O)NC2=O)c2cccc(CCCCN3CCNCC3)c21. The number of piperazine rings is 1. The Kier molecular flexibility index (Phi) is 5.82. The van der Waals surface area contributed by atoms with Gasteiger partial charge in [-0.2, -0.15) is 0 Å². The standard InChI is InChI=1S/C21H29N5O3/c1-24-19-15(5-2-3-12-25-13-10-22-11-14-25)6-4-7-16(19)26(21(24)29)17-8-9-18(27)23-20(17)28/h4,6-7,17,22H,2-3,5,8-14H2,1H3,(H,23,27,28). The van der Waals surface area contributed by atoms with Crippen LogP contribution in [-0.2, 0) is 23.1 Å². The van der Waals surface area contributed by atoms with Gasteiger partial charge in [0.25, 0.3) is 0 Å². The first-order valence-electron chi connectivity index (χ1n) is 10.5. The molecule has 0 saturated carbocycles. The van der Waals surface area contributed by atoms with E-state index in [1.165, 1.54) is 0 Å². The smallest absolute Gasteiger partial charge is 0.314 e. The first-order valence-corrected chi connectivity index (χ1v) is 10.5. The molecule has 2 fully saturated rings. The second-order valence-electron chi connectivity index (χ2n) is 8.01. The van der Waals surface area contributed by atoms with Crippen molar-refractivity contribution in [3.63, 3.8) is 0 Å². The number of imide groups is 1. The van der Waals surface area contributed by atoms with Gasteiger partial charge in [0.15, 0.2) is 0 Å². The number of carbonyl (C=O) groups excluding carboxylic acids is 2. The number of fused-ring (bicyclic) bond motifs is 1. The molecule has 8 heteroatoms. The van der Waals surface area contributed by atoms with Crippen molar-refractivity contribution in [3.8, 4) is 0 Å². The summed E-state index contributed by atoms with van der Waals surface area (Å²) in [6.45, 7) is 5.45. The van der Waals surface area contributed by atoms with Crippen LogP contribution in [0.4, 0.5) is 0 Å².